The minimum atomic E-state index is -1.20. The smallest absolute Gasteiger partial charge is 0.308 e. The first kappa shape index (κ1) is 38.7. The van der Waals surface area contributed by atoms with E-state index in [2.05, 4.69) is 20.8 Å². The van der Waals surface area contributed by atoms with Crippen molar-refractivity contribution in [3.8, 4) is 5.00 Å². The molecule has 14 nitrogen and oxygen atoms in total. The average molecular weight is 802 g/mol. The number of carbonyl (C=O) groups excluding carboxylic acids is 6. The molecule has 3 aliphatic heterocycles. The van der Waals surface area contributed by atoms with E-state index >= 15 is 0 Å². The molecule has 0 spiro atoms. The number of ketones is 1. The predicted molar refractivity (Wildman–Crippen MR) is 204 cm³/mol. The molecule has 290 valence electrons. The number of esters is 1. The van der Waals surface area contributed by atoms with Crippen LogP contribution in [0.3, 0.4) is 0 Å². The summed E-state index contributed by atoms with van der Waals surface area (Å²) in [6.07, 6.45) is 2.95. The first-order chi connectivity index (χ1) is 26.9. The summed E-state index contributed by atoms with van der Waals surface area (Å²) in [6, 6.07) is 7.85. The van der Waals surface area contributed by atoms with Crippen LogP contribution in [0.5, 0.6) is 0 Å². The first-order valence-corrected chi connectivity index (χ1v) is 19.4. The van der Waals surface area contributed by atoms with Gasteiger partial charge >= 0.3 is 5.97 Å². The zero-order chi connectivity index (χ0) is 39.8. The number of aromatic nitrogens is 3. The SMILES string of the molecule is COC(=O)C[C@@H]1N=C(c2ccc(Cl)cc2)c2c(sc(C(=O)CCCCCCNc3ccc(F)c4c3C(=O)N(C3CCC(=O)NC3=O)C4=O)c2C)-n2c(C)nnc21. The minimum Gasteiger partial charge on any atom is -0.469 e. The van der Waals surface area contributed by atoms with Gasteiger partial charge in [0.1, 0.15) is 28.7 Å². The lowest BCUT2D eigenvalue weighted by Crippen LogP contribution is -2.54. The molecule has 0 aliphatic carbocycles. The highest BCUT2D eigenvalue weighted by Crippen LogP contribution is 2.41. The van der Waals surface area contributed by atoms with Crippen LogP contribution in [0.15, 0.2) is 41.4 Å². The highest BCUT2D eigenvalue weighted by Gasteiger charge is 2.47. The molecule has 2 atom stereocenters. The number of nitrogens with zero attached hydrogens (tertiary/aromatic N) is 5. The Bertz CT molecular complexity index is 2340. The van der Waals surface area contributed by atoms with E-state index in [9.17, 15) is 33.2 Å². The number of nitrogens with one attached hydrogen (secondary N) is 2. The van der Waals surface area contributed by atoms with Crippen LogP contribution >= 0.6 is 22.9 Å². The maximum absolute atomic E-state index is 14.8. The van der Waals surface area contributed by atoms with Crippen LogP contribution in [-0.2, 0) is 19.1 Å². The Hall–Kier alpha value is -5.61. The average Bonchev–Trinajstić information content (AvgIpc) is 3.77. The van der Waals surface area contributed by atoms with E-state index in [1.54, 1.807) is 12.1 Å². The summed E-state index contributed by atoms with van der Waals surface area (Å²) in [5, 5.41) is 15.2. The van der Waals surface area contributed by atoms with Crippen molar-refractivity contribution in [1.29, 1.82) is 0 Å². The summed E-state index contributed by atoms with van der Waals surface area (Å²) in [5.41, 5.74) is 2.65. The summed E-state index contributed by atoms with van der Waals surface area (Å²) >= 11 is 7.56. The molecule has 0 saturated carbocycles. The number of fused-ring (bicyclic) bond motifs is 4. The number of methoxy groups -OCH3 is 1. The number of unbranched alkanes of at least 4 members (excludes halogenated alkanes) is 3. The van der Waals surface area contributed by atoms with E-state index in [-0.39, 0.29) is 36.3 Å². The number of ether oxygens (including phenoxy) is 1. The highest BCUT2D eigenvalue weighted by molar-refractivity contribution is 7.17. The van der Waals surface area contributed by atoms with Crippen LogP contribution in [0.2, 0.25) is 5.02 Å². The molecule has 2 N–H and O–H groups in total. The quantitative estimate of drug-likeness (QED) is 0.0722. The molecule has 3 aliphatic rings. The second kappa shape index (κ2) is 15.9. The Balaban J connectivity index is 1.01. The number of thiophene rings is 1. The van der Waals surface area contributed by atoms with Gasteiger partial charge in [-0.25, -0.2) is 4.39 Å². The van der Waals surface area contributed by atoms with E-state index in [4.69, 9.17) is 21.3 Å². The lowest BCUT2D eigenvalue weighted by Gasteiger charge is -2.27. The molecule has 4 aromatic rings. The zero-order valence-electron chi connectivity index (χ0n) is 30.7. The summed E-state index contributed by atoms with van der Waals surface area (Å²) < 4.78 is 21.7. The number of hydrogen-bond donors (Lipinski definition) is 2. The molecule has 0 radical (unpaired) electrons. The Morgan fingerprint density at radius 1 is 0.982 bits per heavy atom. The number of aryl methyl sites for hydroxylation is 1. The van der Waals surface area contributed by atoms with Gasteiger partial charge in [-0.2, -0.15) is 0 Å². The summed E-state index contributed by atoms with van der Waals surface area (Å²) in [5.74, 6) is -3.22. The second-order valence-corrected chi connectivity index (χ2v) is 15.2. The number of amides is 4. The number of rotatable bonds is 13. The zero-order valence-corrected chi connectivity index (χ0v) is 32.3. The molecule has 17 heteroatoms. The van der Waals surface area contributed by atoms with Crippen LogP contribution in [0, 0.1) is 19.7 Å². The number of carbonyl (C=O) groups is 6. The fraction of sp³-hybridized carbons (Fsp3) is 0.359. The standard InChI is InChI=1S/C39H37ClFN7O7S/c1-19-30-33(21-9-11-22(40)12-10-21)43-25(18-29(51)55-3)35-46-45-20(2)47(35)39(30)56-34(19)27(49)8-6-4-5-7-17-42-24-14-13-23(41)31-32(24)38(54)48(37(31)53)26-15-16-28(50)44-36(26)52/h9-14,25-26,42H,4-8,15-18H2,1-3H3,(H,44,50,52)/t25-,26?/m0/s1. The van der Waals surface area contributed by atoms with Crippen molar-refractivity contribution in [2.75, 3.05) is 19.0 Å². The Morgan fingerprint density at radius 3 is 2.45 bits per heavy atom. The van der Waals surface area contributed by atoms with E-state index in [1.807, 2.05) is 30.5 Å². The molecule has 0 bridgehead atoms. The third-order valence-electron chi connectivity index (χ3n) is 10.1. The molecule has 7 rings (SSSR count). The van der Waals surface area contributed by atoms with Crippen molar-refractivity contribution in [3.05, 3.63) is 91.6 Å². The summed E-state index contributed by atoms with van der Waals surface area (Å²) in [6.45, 7) is 4.12. The number of hydrogen-bond acceptors (Lipinski definition) is 12. The fourth-order valence-electron chi connectivity index (χ4n) is 7.33. The van der Waals surface area contributed by atoms with Crippen molar-refractivity contribution in [1.82, 2.24) is 25.0 Å². The summed E-state index contributed by atoms with van der Waals surface area (Å²) in [7, 11) is 1.32. The monoisotopic (exact) mass is 801 g/mol. The first-order valence-electron chi connectivity index (χ1n) is 18.2. The third-order valence-corrected chi connectivity index (χ3v) is 11.7. The molecular formula is C39H37ClFN7O7S. The maximum atomic E-state index is 14.8. The van der Waals surface area contributed by atoms with Crippen LogP contribution in [0.4, 0.5) is 10.1 Å². The van der Waals surface area contributed by atoms with Gasteiger partial charge in [-0.1, -0.05) is 36.6 Å². The molecule has 2 aromatic carbocycles. The Labute approximate surface area is 329 Å². The van der Waals surface area contributed by atoms with Gasteiger partial charge in [-0.05, 0) is 62.9 Å². The normalized spacial score (nSPS) is 17.5. The van der Waals surface area contributed by atoms with Gasteiger partial charge in [0.15, 0.2) is 11.6 Å². The number of aliphatic imine (C=N–C) groups is 1. The van der Waals surface area contributed by atoms with E-state index < -0.39 is 53.1 Å². The molecule has 1 unspecified atom stereocenters. The molecule has 1 saturated heterocycles. The lowest BCUT2D eigenvalue weighted by atomic mass is 9.98. The predicted octanol–water partition coefficient (Wildman–Crippen LogP) is 5.84. The van der Waals surface area contributed by atoms with Crippen molar-refractivity contribution in [3.63, 3.8) is 0 Å². The van der Waals surface area contributed by atoms with Gasteiger partial charge in [0.25, 0.3) is 11.8 Å². The fourth-order valence-corrected chi connectivity index (χ4v) is 8.79. The number of halogens is 2. The lowest BCUT2D eigenvalue weighted by molar-refractivity contribution is -0.141. The number of imide groups is 2. The van der Waals surface area contributed by atoms with Gasteiger partial charge in [0.2, 0.25) is 11.8 Å². The number of piperidine rings is 1. The molecule has 5 heterocycles. The largest absolute Gasteiger partial charge is 0.469 e. The molecule has 4 amide bonds. The minimum absolute atomic E-state index is 0.0156. The maximum Gasteiger partial charge on any atom is 0.308 e. The molecule has 1 fully saturated rings. The van der Waals surface area contributed by atoms with Gasteiger partial charge in [0.05, 0.1) is 35.2 Å². The van der Waals surface area contributed by atoms with Gasteiger partial charge in [0, 0.05) is 41.2 Å². The van der Waals surface area contributed by atoms with Crippen LogP contribution in [-0.4, -0.2) is 80.5 Å². The second-order valence-electron chi connectivity index (χ2n) is 13.8. The van der Waals surface area contributed by atoms with E-state index in [0.29, 0.717) is 53.1 Å². The van der Waals surface area contributed by atoms with Crippen LogP contribution in [0.25, 0.3) is 5.00 Å². The van der Waals surface area contributed by atoms with E-state index in [0.717, 1.165) is 45.5 Å². The molecule has 2 aromatic heterocycles. The number of anilines is 1. The number of benzene rings is 2. The van der Waals surface area contributed by atoms with Gasteiger partial charge in [-0.15, -0.1) is 21.5 Å². The Morgan fingerprint density at radius 2 is 1.71 bits per heavy atom. The third kappa shape index (κ3) is 7.14. The van der Waals surface area contributed by atoms with Crippen molar-refractivity contribution < 1.29 is 37.9 Å². The van der Waals surface area contributed by atoms with Crippen molar-refractivity contribution >= 4 is 69.7 Å². The van der Waals surface area contributed by atoms with Crippen molar-refractivity contribution in [2.24, 2.45) is 4.99 Å². The van der Waals surface area contributed by atoms with Crippen molar-refractivity contribution in [2.45, 2.75) is 77.3 Å². The summed E-state index contributed by atoms with van der Waals surface area (Å²) in [4.78, 5) is 83.1. The van der Waals surface area contributed by atoms with Crippen LogP contribution < -0.4 is 10.6 Å². The number of Topliss-reactive ketones (excluding diaryl/α,β-unsaturated/α-hetero) is 1. The highest BCUT2D eigenvalue weighted by atomic mass is 35.5. The van der Waals surface area contributed by atoms with E-state index in [1.165, 1.54) is 24.5 Å². The topological polar surface area (TPSA) is 182 Å². The molecular weight excluding hydrogens is 765 g/mol. The molecule has 56 heavy (non-hydrogen) atoms. The van der Waals surface area contributed by atoms with Crippen LogP contribution in [0.1, 0.15) is 116 Å². The Kier molecular flexibility index (Phi) is 10.9. The van der Waals surface area contributed by atoms with Gasteiger partial charge < -0.3 is 10.1 Å². The van der Waals surface area contributed by atoms with Gasteiger partial charge in [-0.3, -0.25) is 48.5 Å².